The van der Waals surface area contributed by atoms with Gasteiger partial charge in [-0.2, -0.15) is 5.10 Å². The Hall–Kier alpha value is -3.16. The number of nitrogens with zero attached hydrogens (tertiary/aromatic N) is 3. The van der Waals surface area contributed by atoms with Crippen LogP contribution in [0.3, 0.4) is 0 Å². The number of amides is 3. The molecule has 0 unspecified atom stereocenters. The van der Waals surface area contributed by atoms with Crippen LogP contribution in [0.1, 0.15) is 34.6 Å². The average molecular weight is 369 g/mol. The van der Waals surface area contributed by atoms with Gasteiger partial charge in [0, 0.05) is 31.3 Å². The van der Waals surface area contributed by atoms with Crippen molar-refractivity contribution in [3.8, 4) is 0 Å². The first-order valence-corrected chi connectivity index (χ1v) is 8.85. The van der Waals surface area contributed by atoms with Crippen molar-refractivity contribution in [2.45, 2.75) is 26.7 Å². The highest BCUT2D eigenvalue weighted by molar-refractivity contribution is 6.00. The van der Waals surface area contributed by atoms with E-state index in [4.69, 9.17) is 0 Å². The molecule has 2 aromatic rings. The zero-order valence-electron chi connectivity index (χ0n) is 15.7. The topological polar surface area (TPSA) is 96.3 Å². The van der Waals surface area contributed by atoms with Crippen molar-refractivity contribution in [1.82, 2.24) is 15.1 Å². The predicted octanol–water partition coefficient (Wildman–Crippen LogP) is 1.53. The van der Waals surface area contributed by atoms with Gasteiger partial charge in [0.15, 0.2) is 0 Å². The lowest BCUT2D eigenvalue weighted by Crippen LogP contribution is -2.33. The Morgan fingerprint density at radius 2 is 1.89 bits per heavy atom. The number of carbonyl (C=O) groups excluding carboxylic acids is 3. The van der Waals surface area contributed by atoms with Gasteiger partial charge >= 0.3 is 0 Å². The van der Waals surface area contributed by atoms with Crippen molar-refractivity contribution in [1.29, 1.82) is 0 Å². The van der Waals surface area contributed by atoms with Gasteiger partial charge in [0.25, 0.3) is 5.91 Å². The molecule has 8 nitrogen and oxygen atoms in total. The molecule has 0 atom stereocenters. The zero-order chi connectivity index (χ0) is 19.6. The number of anilines is 2. The van der Waals surface area contributed by atoms with Gasteiger partial charge in [0.05, 0.1) is 23.6 Å². The molecule has 0 spiro atoms. The highest BCUT2D eigenvalue weighted by Gasteiger charge is 2.21. The molecule has 2 heterocycles. The van der Waals surface area contributed by atoms with Crippen LogP contribution in [0.25, 0.3) is 0 Å². The van der Waals surface area contributed by atoms with Gasteiger partial charge in [0.2, 0.25) is 11.8 Å². The van der Waals surface area contributed by atoms with Crippen molar-refractivity contribution in [2.75, 3.05) is 23.3 Å². The Morgan fingerprint density at radius 1 is 1.19 bits per heavy atom. The minimum absolute atomic E-state index is 0.102. The second-order valence-corrected chi connectivity index (χ2v) is 6.60. The summed E-state index contributed by atoms with van der Waals surface area (Å²) in [4.78, 5) is 37.9. The zero-order valence-corrected chi connectivity index (χ0v) is 15.7. The standard InChI is InChI=1S/C19H23N5O3/c1-12-18(13(2)23(3)22-12)21-16(25)11-20-19(27)14-6-8-15(9-7-14)24-10-4-5-17(24)26/h6-9H,4-5,10-11H2,1-3H3,(H,20,27)(H,21,25). The van der Waals surface area contributed by atoms with Crippen LogP contribution in [-0.2, 0) is 16.6 Å². The van der Waals surface area contributed by atoms with Crippen LogP contribution < -0.4 is 15.5 Å². The van der Waals surface area contributed by atoms with E-state index in [1.807, 2.05) is 13.8 Å². The molecule has 0 bridgehead atoms. The van der Waals surface area contributed by atoms with E-state index in [0.717, 1.165) is 23.5 Å². The summed E-state index contributed by atoms with van der Waals surface area (Å²) in [5.74, 6) is -0.559. The third-order valence-corrected chi connectivity index (χ3v) is 4.70. The lowest BCUT2D eigenvalue weighted by atomic mass is 10.2. The van der Waals surface area contributed by atoms with Crippen molar-refractivity contribution in [3.63, 3.8) is 0 Å². The third kappa shape index (κ3) is 3.99. The predicted molar refractivity (Wildman–Crippen MR) is 102 cm³/mol. The van der Waals surface area contributed by atoms with Crippen LogP contribution in [0.2, 0.25) is 0 Å². The maximum atomic E-state index is 12.2. The first kappa shape index (κ1) is 18.6. The van der Waals surface area contributed by atoms with Crippen LogP contribution in [0, 0.1) is 13.8 Å². The molecule has 1 saturated heterocycles. The van der Waals surface area contributed by atoms with Crippen LogP contribution in [0.5, 0.6) is 0 Å². The summed E-state index contributed by atoms with van der Waals surface area (Å²) in [6.07, 6.45) is 1.42. The average Bonchev–Trinajstić information content (AvgIpc) is 3.18. The van der Waals surface area contributed by atoms with Crippen molar-refractivity contribution >= 4 is 29.1 Å². The van der Waals surface area contributed by atoms with Crippen molar-refractivity contribution in [2.24, 2.45) is 7.05 Å². The molecular weight excluding hydrogens is 346 g/mol. The summed E-state index contributed by atoms with van der Waals surface area (Å²) in [7, 11) is 1.80. The number of aryl methyl sites for hydroxylation is 2. The van der Waals surface area contributed by atoms with E-state index in [1.165, 1.54) is 0 Å². The van der Waals surface area contributed by atoms with E-state index < -0.39 is 0 Å². The first-order valence-electron chi connectivity index (χ1n) is 8.85. The molecule has 2 N–H and O–H groups in total. The number of benzene rings is 1. The van der Waals surface area contributed by atoms with Gasteiger partial charge in [-0.1, -0.05) is 0 Å². The van der Waals surface area contributed by atoms with Gasteiger partial charge in [-0.05, 0) is 44.5 Å². The second-order valence-electron chi connectivity index (χ2n) is 6.60. The van der Waals surface area contributed by atoms with Gasteiger partial charge in [0.1, 0.15) is 0 Å². The van der Waals surface area contributed by atoms with Crippen LogP contribution in [-0.4, -0.2) is 40.6 Å². The summed E-state index contributed by atoms with van der Waals surface area (Å²) < 4.78 is 1.69. The highest BCUT2D eigenvalue weighted by atomic mass is 16.2. The van der Waals surface area contributed by atoms with Crippen molar-refractivity contribution in [3.05, 3.63) is 41.2 Å². The molecule has 0 radical (unpaired) electrons. The van der Waals surface area contributed by atoms with E-state index >= 15 is 0 Å². The molecule has 27 heavy (non-hydrogen) atoms. The molecule has 1 aromatic heterocycles. The number of nitrogens with one attached hydrogen (secondary N) is 2. The molecule has 1 aliphatic rings. The summed E-state index contributed by atoms with van der Waals surface area (Å²) in [5.41, 5.74) is 3.46. The molecule has 1 aliphatic heterocycles. The molecule has 0 aliphatic carbocycles. The Bertz CT molecular complexity index is 885. The van der Waals surface area contributed by atoms with E-state index in [-0.39, 0.29) is 24.3 Å². The Morgan fingerprint density at radius 3 is 2.44 bits per heavy atom. The van der Waals surface area contributed by atoms with E-state index in [1.54, 1.807) is 40.9 Å². The summed E-state index contributed by atoms with van der Waals surface area (Å²) in [6.45, 7) is 4.24. The molecule has 1 fully saturated rings. The molecule has 8 heteroatoms. The molecule has 142 valence electrons. The van der Waals surface area contributed by atoms with Crippen LogP contribution in [0.15, 0.2) is 24.3 Å². The SMILES string of the molecule is Cc1nn(C)c(C)c1NC(=O)CNC(=O)c1ccc(N2CCCC2=O)cc1. The number of aromatic nitrogens is 2. The molecule has 0 saturated carbocycles. The summed E-state index contributed by atoms with van der Waals surface area (Å²) >= 11 is 0. The number of hydrogen-bond acceptors (Lipinski definition) is 4. The van der Waals surface area contributed by atoms with Gasteiger partial charge < -0.3 is 15.5 Å². The van der Waals surface area contributed by atoms with Gasteiger partial charge in [-0.25, -0.2) is 0 Å². The molecule has 1 aromatic carbocycles. The van der Waals surface area contributed by atoms with E-state index in [9.17, 15) is 14.4 Å². The van der Waals surface area contributed by atoms with Crippen molar-refractivity contribution < 1.29 is 14.4 Å². The number of hydrogen-bond donors (Lipinski definition) is 2. The lowest BCUT2D eigenvalue weighted by Gasteiger charge is -2.15. The summed E-state index contributed by atoms with van der Waals surface area (Å²) in [6, 6.07) is 6.81. The monoisotopic (exact) mass is 369 g/mol. The number of carbonyl (C=O) groups is 3. The smallest absolute Gasteiger partial charge is 0.251 e. The second kappa shape index (κ2) is 7.61. The minimum Gasteiger partial charge on any atom is -0.343 e. The lowest BCUT2D eigenvalue weighted by molar-refractivity contribution is -0.117. The Balaban J connectivity index is 1.55. The normalized spacial score (nSPS) is 13.7. The minimum atomic E-state index is -0.343. The molecule has 3 amide bonds. The molecule has 3 rings (SSSR count). The number of rotatable bonds is 5. The van der Waals surface area contributed by atoms with E-state index in [2.05, 4.69) is 15.7 Å². The first-order chi connectivity index (χ1) is 12.9. The van der Waals surface area contributed by atoms with E-state index in [0.29, 0.717) is 24.2 Å². The summed E-state index contributed by atoms with van der Waals surface area (Å²) in [5, 5.41) is 9.62. The third-order valence-electron chi connectivity index (χ3n) is 4.70. The largest absolute Gasteiger partial charge is 0.343 e. The quantitative estimate of drug-likeness (QED) is 0.835. The highest BCUT2D eigenvalue weighted by Crippen LogP contribution is 2.21. The fourth-order valence-electron chi connectivity index (χ4n) is 3.11. The Kier molecular flexibility index (Phi) is 5.25. The fraction of sp³-hybridized carbons (Fsp3) is 0.368. The van der Waals surface area contributed by atoms with Gasteiger partial charge in [-0.15, -0.1) is 0 Å². The van der Waals surface area contributed by atoms with Gasteiger partial charge in [-0.3, -0.25) is 19.1 Å². The van der Waals surface area contributed by atoms with Crippen LogP contribution in [0.4, 0.5) is 11.4 Å². The maximum absolute atomic E-state index is 12.2. The van der Waals surface area contributed by atoms with Crippen LogP contribution >= 0.6 is 0 Å². The fourth-order valence-corrected chi connectivity index (χ4v) is 3.11. The maximum Gasteiger partial charge on any atom is 0.251 e. The molecular formula is C19H23N5O3. The Labute approximate surface area is 157 Å².